The summed E-state index contributed by atoms with van der Waals surface area (Å²) in [5.41, 5.74) is 5.92. The molecule has 0 aliphatic carbocycles. The molecule has 106 valence electrons. The minimum absolute atomic E-state index is 0.0274. The van der Waals surface area contributed by atoms with Gasteiger partial charge in [-0.15, -0.1) is 0 Å². The van der Waals surface area contributed by atoms with Crippen molar-refractivity contribution in [3.05, 3.63) is 23.2 Å². The molecule has 1 aromatic rings. The van der Waals surface area contributed by atoms with Crippen LogP contribution in [0.25, 0.3) is 0 Å². The Labute approximate surface area is 123 Å². The molecule has 1 unspecified atom stereocenters. The molecule has 1 aliphatic rings. The predicted molar refractivity (Wildman–Crippen MR) is 81.1 cm³/mol. The van der Waals surface area contributed by atoms with Gasteiger partial charge < -0.3 is 5.73 Å². The summed E-state index contributed by atoms with van der Waals surface area (Å²) in [6.45, 7) is 2.49. The number of halogens is 1. The van der Waals surface area contributed by atoms with Crippen LogP contribution in [0.15, 0.2) is 23.1 Å². The summed E-state index contributed by atoms with van der Waals surface area (Å²) < 4.78 is 27.1. The number of nitrogen functional groups attached to an aromatic ring is 1. The molecule has 19 heavy (non-hydrogen) atoms. The first kappa shape index (κ1) is 15.0. The maximum Gasteiger partial charge on any atom is 0.242 e. The van der Waals surface area contributed by atoms with E-state index >= 15 is 0 Å². The predicted octanol–water partition coefficient (Wildman–Crippen LogP) is 2.49. The minimum atomic E-state index is -3.61. The van der Waals surface area contributed by atoms with Crippen molar-refractivity contribution in [2.75, 3.05) is 18.0 Å². The Bertz CT molecular complexity index is 569. The van der Waals surface area contributed by atoms with E-state index in [0.717, 1.165) is 18.6 Å². The molecular formula is C12H17ClN2O2S2. The Morgan fingerprint density at radius 2 is 2.26 bits per heavy atom. The van der Waals surface area contributed by atoms with Crippen LogP contribution in [0.5, 0.6) is 0 Å². The van der Waals surface area contributed by atoms with Crippen molar-refractivity contribution in [3.8, 4) is 0 Å². The number of rotatable bonds is 4. The highest BCUT2D eigenvalue weighted by Crippen LogP contribution is 2.37. The largest absolute Gasteiger partial charge is 0.398 e. The quantitative estimate of drug-likeness (QED) is 0.836. The van der Waals surface area contributed by atoms with E-state index in [1.807, 2.05) is 0 Å². The molecule has 1 aliphatic heterocycles. The maximum absolute atomic E-state index is 12.2. The Balaban J connectivity index is 2.16. The molecular weight excluding hydrogens is 304 g/mol. The van der Waals surface area contributed by atoms with Crippen LogP contribution in [-0.2, 0) is 10.0 Å². The van der Waals surface area contributed by atoms with Crippen LogP contribution >= 0.6 is 23.4 Å². The molecule has 0 spiro atoms. The first-order chi connectivity index (χ1) is 8.82. The minimum Gasteiger partial charge on any atom is -0.398 e. The highest BCUT2D eigenvalue weighted by atomic mass is 35.5. The summed E-state index contributed by atoms with van der Waals surface area (Å²) in [6.07, 6.45) is 2.15. The lowest BCUT2D eigenvalue weighted by molar-refractivity contribution is 0.553. The first-order valence-electron chi connectivity index (χ1n) is 6.01. The number of nitrogens with two attached hydrogens (primary N) is 1. The van der Waals surface area contributed by atoms with Gasteiger partial charge in [0.1, 0.15) is 4.90 Å². The second kappa shape index (κ2) is 5.52. The molecule has 1 aromatic carbocycles. The average molecular weight is 321 g/mol. The molecule has 0 saturated carbocycles. The third-order valence-corrected chi connectivity index (χ3v) is 6.43. The molecule has 1 heterocycles. The molecule has 1 fully saturated rings. The van der Waals surface area contributed by atoms with Gasteiger partial charge in [-0.05, 0) is 43.7 Å². The first-order valence-corrected chi connectivity index (χ1v) is 8.86. The third kappa shape index (κ3) is 3.56. The fourth-order valence-electron chi connectivity index (χ4n) is 2.04. The Kier molecular flexibility index (Phi) is 4.35. The number of thioether (sulfide) groups is 1. The van der Waals surface area contributed by atoms with Crippen molar-refractivity contribution in [1.82, 2.24) is 4.72 Å². The van der Waals surface area contributed by atoms with E-state index in [1.54, 1.807) is 17.8 Å². The fraction of sp³-hybridized carbons (Fsp3) is 0.500. The maximum atomic E-state index is 12.2. The average Bonchev–Trinajstić information content (AvgIpc) is 2.78. The van der Waals surface area contributed by atoms with Gasteiger partial charge in [-0.1, -0.05) is 11.6 Å². The summed E-state index contributed by atoms with van der Waals surface area (Å²) in [4.78, 5) is 0.0478. The molecule has 3 N–H and O–H groups in total. The molecule has 0 bridgehead atoms. The van der Waals surface area contributed by atoms with E-state index in [-0.39, 0.29) is 15.3 Å². The summed E-state index contributed by atoms with van der Waals surface area (Å²) in [7, 11) is -3.61. The van der Waals surface area contributed by atoms with Crippen molar-refractivity contribution in [2.24, 2.45) is 0 Å². The number of nitrogens with one attached hydrogen (secondary N) is 1. The summed E-state index contributed by atoms with van der Waals surface area (Å²) in [5.74, 6) is 1.08. The van der Waals surface area contributed by atoms with Crippen molar-refractivity contribution in [3.63, 3.8) is 0 Å². The van der Waals surface area contributed by atoms with Gasteiger partial charge in [-0.25, -0.2) is 13.1 Å². The molecule has 7 heteroatoms. The van der Waals surface area contributed by atoms with Gasteiger partial charge in [0.2, 0.25) is 10.0 Å². The highest BCUT2D eigenvalue weighted by Gasteiger charge is 2.31. The number of hydrogen-bond donors (Lipinski definition) is 2. The van der Waals surface area contributed by atoms with Crippen molar-refractivity contribution >= 4 is 39.1 Å². The van der Waals surface area contributed by atoms with Crippen LogP contribution in [0.1, 0.15) is 19.8 Å². The van der Waals surface area contributed by atoms with Gasteiger partial charge in [-0.3, -0.25) is 0 Å². The summed E-state index contributed by atoms with van der Waals surface area (Å²) >= 11 is 7.63. The lowest BCUT2D eigenvalue weighted by Crippen LogP contribution is -2.37. The van der Waals surface area contributed by atoms with Gasteiger partial charge in [-0.2, -0.15) is 11.8 Å². The molecule has 4 nitrogen and oxygen atoms in total. The SMILES string of the molecule is CC1(CNS(=O)(=O)c2cc(Cl)ccc2N)CCCS1. The van der Waals surface area contributed by atoms with E-state index in [0.29, 0.717) is 11.6 Å². The Hall–Kier alpha value is -0.430. The number of benzene rings is 1. The standard InChI is InChI=1S/C12H17ClN2O2S2/c1-12(5-2-6-18-12)8-15-19(16,17)11-7-9(13)3-4-10(11)14/h3-4,7,15H,2,5-6,8,14H2,1H3. The second-order valence-electron chi connectivity index (χ2n) is 4.91. The van der Waals surface area contributed by atoms with Gasteiger partial charge in [0.25, 0.3) is 0 Å². The van der Waals surface area contributed by atoms with Crippen LogP contribution < -0.4 is 10.5 Å². The van der Waals surface area contributed by atoms with E-state index in [2.05, 4.69) is 11.6 Å². The number of anilines is 1. The normalized spacial score (nSPS) is 23.7. The van der Waals surface area contributed by atoms with Crippen LogP contribution in [0.4, 0.5) is 5.69 Å². The fourth-order valence-corrected chi connectivity index (χ4v) is 4.94. The molecule has 1 atom stereocenters. The summed E-state index contributed by atoms with van der Waals surface area (Å²) in [5, 5.41) is 0.357. The molecule has 0 amide bonds. The van der Waals surface area contributed by atoms with Gasteiger partial charge in [0.15, 0.2) is 0 Å². The lowest BCUT2D eigenvalue weighted by Gasteiger charge is -2.23. The number of sulfonamides is 1. The van der Waals surface area contributed by atoms with E-state index in [9.17, 15) is 8.42 Å². The van der Waals surface area contributed by atoms with Crippen molar-refractivity contribution < 1.29 is 8.42 Å². The van der Waals surface area contributed by atoms with Crippen molar-refractivity contribution in [1.29, 1.82) is 0 Å². The molecule has 0 radical (unpaired) electrons. The highest BCUT2D eigenvalue weighted by molar-refractivity contribution is 8.01. The summed E-state index contributed by atoms with van der Waals surface area (Å²) in [6, 6.07) is 4.45. The van der Waals surface area contributed by atoms with Crippen molar-refractivity contribution in [2.45, 2.75) is 29.4 Å². The number of hydrogen-bond acceptors (Lipinski definition) is 4. The molecule has 0 aromatic heterocycles. The molecule has 1 saturated heterocycles. The Morgan fingerprint density at radius 3 is 2.89 bits per heavy atom. The zero-order valence-corrected chi connectivity index (χ0v) is 13.0. The third-order valence-electron chi connectivity index (χ3n) is 3.20. The zero-order valence-electron chi connectivity index (χ0n) is 10.6. The van der Waals surface area contributed by atoms with Gasteiger partial charge >= 0.3 is 0 Å². The smallest absolute Gasteiger partial charge is 0.242 e. The van der Waals surface area contributed by atoms with Crippen LogP contribution in [-0.4, -0.2) is 25.5 Å². The molecule has 2 rings (SSSR count). The van der Waals surface area contributed by atoms with Crippen LogP contribution in [0.3, 0.4) is 0 Å². The Morgan fingerprint density at radius 1 is 1.53 bits per heavy atom. The zero-order chi connectivity index (χ0) is 14.1. The second-order valence-corrected chi connectivity index (χ2v) is 8.76. The van der Waals surface area contributed by atoms with E-state index in [1.165, 1.54) is 12.1 Å². The van der Waals surface area contributed by atoms with Crippen LogP contribution in [0.2, 0.25) is 5.02 Å². The monoisotopic (exact) mass is 320 g/mol. The van der Waals surface area contributed by atoms with Gasteiger partial charge in [0.05, 0.1) is 5.69 Å². The lowest BCUT2D eigenvalue weighted by atomic mass is 10.1. The topological polar surface area (TPSA) is 72.2 Å². The van der Waals surface area contributed by atoms with Gasteiger partial charge in [0, 0.05) is 16.3 Å². The van der Waals surface area contributed by atoms with Crippen LogP contribution in [0, 0.1) is 0 Å². The van der Waals surface area contributed by atoms with E-state index in [4.69, 9.17) is 17.3 Å². The van der Waals surface area contributed by atoms with E-state index < -0.39 is 10.0 Å².